The Morgan fingerprint density at radius 2 is 2.21 bits per heavy atom. The molecule has 1 fully saturated rings. The van der Waals surface area contributed by atoms with Gasteiger partial charge in [-0.05, 0) is 18.8 Å². The molecule has 1 saturated heterocycles. The summed E-state index contributed by atoms with van der Waals surface area (Å²) in [6, 6.07) is 0. The third-order valence-corrected chi connectivity index (χ3v) is 4.57. The van der Waals surface area contributed by atoms with Crippen molar-refractivity contribution in [1.29, 1.82) is 0 Å². The fraction of sp³-hybridized carbons (Fsp3) is 0.750. The third kappa shape index (κ3) is 7.62. The first-order valence-electron chi connectivity index (χ1n) is 6.23. The molecule has 1 heterocycles. The van der Waals surface area contributed by atoms with Crippen LogP contribution in [0.15, 0.2) is 4.99 Å². The fourth-order valence-corrected chi connectivity index (χ4v) is 3.64. The van der Waals surface area contributed by atoms with E-state index in [9.17, 15) is 8.42 Å². The summed E-state index contributed by atoms with van der Waals surface area (Å²) in [5.74, 6) is 3.84. The van der Waals surface area contributed by atoms with E-state index in [0.29, 0.717) is 31.2 Å². The van der Waals surface area contributed by atoms with Crippen LogP contribution in [0.25, 0.3) is 0 Å². The molecular weight excluding hydrogens is 377 g/mol. The maximum absolute atomic E-state index is 11.3. The molecule has 1 aliphatic rings. The number of nitrogens with one attached hydrogen (secondary N) is 2. The number of hydrogen-bond donors (Lipinski definition) is 2. The normalized spacial score (nSPS) is 21.3. The minimum atomic E-state index is -2.82. The van der Waals surface area contributed by atoms with E-state index in [1.54, 1.807) is 0 Å². The molecule has 0 saturated carbocycles. The lowest BCUT2D eigenvalue weighted by atomic mass is 10.1. The summed E-state index contributed by atoms with van der Waals surface area (Å²) in [6.45, 7) is 3.83. The number of terminal acetylenes is 1. The molecule has 1 atom stereocenters. The molecular formula is C12H22IN3O2S. The molecule has 0 radical (unpaired) electrons. The van der Waals surface area contributed by atoms with Crippen LogP contribution < -0.4 is 10.6 Å². The van der Waals surface area contributed by atoms with E-state index in [4.69, 9.17) is 6.42 Å². The van der Waals surface area contributed by atoms with E-state index >= 15 is 0 Å². The highest BCUT2D eigenvalue weighted by molar-refractivity contribution is 14.0. The molecule has 2 N–H and O–H groups in total. The van der Waals surface area contributed by atoms with Crippen molar-refractivity contribution in [3.63, 3.8) is 0 Å². The van der Waals surface area contributed by atoms with Crippen LogP contribution in [0.4, 0.5) is 0 Å². The van der Waals surface area contributed by atoms with Crippen LogP contribution in [0.2, 0.25) is 0 Å². The zero-order chi connectivity index (χ0) is 13.4. The van der Waals surface area contributed by atoms with Gasteiger partial charge < -0.3 is 10.6 Å². The molecule has 0 bridgehead atoms. The second-order valence-electron chi connectivity index (χ2n) is 4.44. The van der Waals surface area contributed by atoms with Gasteiger partial charge >= 0.3 is 0 Å². The number of halogens is 1. The number of hydrogen-bond acceptors (Lipinski definition) is 3. The summed E-state index contributed by atoms with van der Waals surface area (Å²) in [7, 11) is -2.82. The predicted octanol–water partition coefficient (Wildman–Crippen LogP) is 0.617. The first-order chi connectivity index (χ1) is 8.57. The summed E-state index contributed by atoms with van der Waals surface area (Å²) in [6.07, 6.45) is 6.89. The Hall–Kier alpha value is -0.490. The largest absolute Gasteiger partial charge is 0.356 e. The van der Waals surface area contributed by atoms with Crippen LogP contribution in [-0.2, 0) is 9.84 Å². The van der Waals surface area contributed by atoms with Crippen molar-refractivity contribution in [3.8, 4) is 12.3 Å². The van der Waals surface area contributed by atoms with Gasteiger partial charge in [0.2, 0.25) is 0 Å². The van der Waals surface area contributed by atoms with Crippen LogP contribution >= 0.6 is 24.0 Å². The maximum Gasteiger partial charge on any atom is 0.192 e. The molecule has 110 valence electrons. The van der Waals surface area contributed by atoms with E-state index in [-0.39, 0.29) is 35.6 Å². The summed E-state index contributed by atoms with van der Waals surface area (Å²) in [5, 5.41) is 6.15. The molecule has 7 heteroatoms. The van der Waals surface area contributed by atoms with Gasteiger partial charge in [0.1, 0.15) is 0 Å². The zero-order valence-corrected chi connectivity index (χ0v) is 14.3. The first-order valence-corrected chi connectivity index (χ1v) is 8.05. The summed E-state index contributed by atoms with van der Waals surface area (Å²) >= 11 is 0. The molecule has 0 amide bonds. The number of guanidine groups is 1. The van der Waals surface area contributed by atoms with Crippen molar-refractivity contribution >= 4 is 39.8 Å². The van der Waals surface area contributed by atoms with Gasteiger partial charge in [-0.3, -0.25) is 4.99 Å². The maximum atomic E-state index is 11.3. The van der Waals surface area contributed by atoms with Crippen LogP contribution in [-0.4, -0.2) is 45.5 Å². The minimum Gasteiger partial charge on any atom is -0.356 e. The van der Waals surface area contributed by atoms with Crippen LogP contribution in [0.1, 0.15) is 19.8 Å². The molecule has 1 aliphatic heterocycles. The fourth-order valence-electron chi connectivity index (χ4n) is 1.79. The molecule has 0 aromatic carbocycles. The summed E-state index contributed by atoms with van der Waals surface area (Å²) in [5.41, 5.74) is 0. The number of sulfone groups is 1. The lowest BCUT2D eigenvalue weighted by Gasteiger charge is -2.11. The van der Waals surface area contributed by atoms with Crippen molar-refractivity contribution in [2.24, 2.45) is 10.9 Å². The Labute approximate surface area is 133 Å². The van der Waals surface area contributed by atoms with Gasteiger partial charge in [0, 0.05) is 13.1 Å². The van der Waals surface area contributed by atoms with Gasteiger partial charge in [-0.15, -0.1) is 30.4 Å². The third-order valence-electron chi connectivity index (χ3n) is 2.73. The molecule has 1 unspecified atom stereocenters. The molecule has 0 aromatic heterocycles. The SMILES string of the molecule is C#CCNC(=NCC1CCS(=O)(=O)C1)NCCC.I. The van der Waals surface area contributed by atoms with Gasteiger partial charge in [-0.2, -0.15) is 0 Å². The van der Waals surface area contributed by atoms with Crippen LogP contribution in [0.5, 0.6) is 0 Å². The molecule has 1 rings (SSSR count). The monoisotopic (exact) mass is 399 g/mol. The molecule has 19 heavy (non-hydrogen) atoms. The van der Waals surface area contributed by atoms with E-state index in [1.807, 2.05) is 0 Å². The first kappa shape index (κ1) is 18.5. The average Bonchev–Trinajstić information content (AvgIpc) is 2.68. The van der Waals surface area contributed by atoms with Crippen molar-refractivity contribution in [3.05, 3.63) is 0 Å². The molecule has 5 nitrogen and oxygen atoms in total. The highest BCUT2D eigenvalue weighted by Gasteiger charge is 2.27. The summed E-state index contributed by atoms with van der Waals surface area (Å²) in [4.78, 5) is 4.38. The quantitative estimate of drug-likeness (QED) is 0.308. The Bertz CT molecular complexity index is 429. The average molecular weight is 399 g/mol. The standard InChI is InChI=1S/C12H21N3O2S.HI/c1-3-6-13-12(14-7-4-2)15-9-11-5-8-18(16,17)10-11;/h1,11H,4-10H2,2H3,(H2,13,14,15);1H. The van der Waals surface area contributed by atoms with E-state index < -0.39 is 9.84 Å². The Balaban J connectivity index is 0.00000324. The summed E-state index contributed by atoms with van der Waals surface area (Å²) < 4.78 is 22.6. The van der Waals surface area contributed by atoms with Crippen molar-refractivity contribution in [2.45, 2.75) is 19.8 Å². The number of nitrogens with zero attached hydrogens (tertiary/aromatic N) is 1. The van der Waals surface area contributed by atoms with Gasteiger partial charge in [0.25, 0.3) is 0 Å². The van der Waals surface area contributed by atoms with Crippen molar-refractivity contribution in [1.82, 2.24) is 10.6 Å². The highest BCUT2D eigenvalue weighted by Crippen LogP contribution is 2.18. The van der Waals surface area contributed by atoms with Gasteiger partial charge in [0.15, 0.2) is 15.8 Å². The highest BCUT2D eigenvalue weighted by atomic mass is 127. The van der Waals surface area contributed by atoms with E-state index in [0.717, 1.165) is 13.0 Å². The second kappa shape index (κ2) is 9.42. The molecule has 0 aliphatic carbocycles. The second-order valence-corrected chi connectivity index (χ2v) is 6.67. The Morgan fingerprint density at radius 3 is 2.74 bits per heavy atom. The number of rotatable bonds is 5. The van der Waals surface area contributed by atoms with Crippen LogP contribution in [0.3, 0.4) is 0 Å². The minimum absolute atomic E-state index is 0. The van der Waals surface area contributed by atoms with E-state index in [1.165, 1.54) is 0 Å². The lowest BCUT2D eigenvalue weighted by Crippen LogP contribution is -2.38. The topological polar surface area (TPSA) is 70.6 Å². The van der Waals surface area contributed by atoms with Gasteiger partial charge in [-0.1, -0.05) is 12.8 Å². The van der Waals surface area contributed by atoms with Crippen molar-refractivity contribution in [2.75, 3.05) is 31.1 Å². The van der Waals surface area contributed by atoms with E-state index in [2.05, 4.69) is 28.5 Å². The predicted molar refractivity (Wildman–Crippen MR) is 89.6 cm³/mol. The molecule has 0 spiro atoms. The van der Waals surface area contributed by atoms with Gasteiger partial charge in [0.05, 0.1) is 18.1 Å². The Kier molecular flexibility index (Phi) is 9.18. The van der Waals surface area contributed by atoms with Crippen LogP contribution in [0, 0.1) is 18.3 Å². The lowest BCUT2D eigenvalue weighted by molar-refractivity contribution is 0.589. The zero-order valence-electron chi connectivity index (χ0n) is 11.2. The van der Waals surface area contributed by atoms with Crippen molar-refractivity contribution < 1.29 is 8.42 Å². The number of aliphatic imine (C=N–C) groups is 1. The molecule has 0 aromatic rings. The smallest absolute Gasteiger partial charge is 0.192 e. The Morgan fingerprint density at radius 1 is 1.47 bits per heavy atom. The van der Waals surface area contributed by atoms with Gasteiger partial charge in [-0.25, -0.2) is 8.42 Å².